The third-order valence-electron chi connectivity index (χ3n) is 3.62. The van der Waals surface area contributed by atoms with Crippen LogP contribution in [0.1, 0.15) is 33.1 Å². The molecule has 2 atom stereocenters. The molecule has 0 aliphatic carbocycles. The molecule has 0 bridgehead atoms. The van der Waals surface area contributed by atoms with E-state index in [9.17, 15) is 0 Å². The Bertz CT molecular complexity index is 269. The highest BCUT2D eigenvalue weighted by Gasteiger charge is 2.21. The third-order valence-corrected chi connectivity index (χ3v) is 3.62. The van der Waals surface area contributed by atoms with Crippen LogP contribution in [0.15, 0.2) is 0 Å². The van der Waals surface area contributed by atoms with Gasteiger partial charge in [-0.2, -0.15) is 5.26 Å². The quantitative estimate of drug-likeness (QED) is 0.727. The molecule has 0 saturated carbocycles. The lowest BCUT2D eigenvalue weighted by atomic mass is 9.98. The minimum absolute atomic E-state index is 0.645. The van der Waals surface area contributed by atoms with E-state index in [2.05, 4.69) is 29.8 Å². The highest BCUT2D eigenvalue weighted by Crippen LogP contribution is 2.12. The molecule has 1 heterocycles. The van der Waals surface area contributed by atoms with Gasteiger partial charge in [-0.15, -0.1) is 0 Å². The Morgan fingerprint density at radius 2 is 2.12 bits per heavy atom. The van der Waals surface area contributed by atoms with Crippen LogP contribution in [0.5, 0.6) is 0 Å². The molecule has 0 aromatic heterocycles. The minimum Gasteiger partial charge on any atom is -0.314 e. The first-order valence-electron chi connectivity index (χ1n) is 6.57. The van der Waals surface area contributed by atoms with E-state index in [1.807, 2.05) is 6.92 Å². The van der Waals surface area contributed by atoms with E-state index < -0.39 is 5.54 Å². The van der Waals surface area contributed by atoms with Crippen molar-refractivity contribution in [1.82, 2.24) is 9.80 Å². The fraction of sp³-hybridized carbons (Fsp3) is 0.923. The number of nitriles is 1. The number of nitrogens with zero attached hydrogens (tertiary/aromatic N) is 3. The van der Waals surface area contributed by atoms with Gasteiger partial charge in [0.2, 0.25) is 0 Å². The Morgan fingerprint density at radius 1 is 1.41 bits per heavy atom. The predicted octanol–water partition coefficient (Wildman–Crippen LogP) is 1.03. The third kappa shape index (κ3) is 5.03. The Labute approximate surface area is 105 Å². The molecule has 0 aromatic carbocycles. The first-order valence-corrected chi connectivity index (χ1v) is 6.57. The zero-order valence-corrected chi connectivity index (χ0v) is 11.4. The van der Waals surface area contributed by atoms with E-state index in [0.717, 1.165) is 45.4 Å². The molecule has 1 rings (SSSR count). The van der Waals surface area contributed by atoms with Gasteiger partial charge in [0.15, 0.2) is 0 Å². The molecule has 2 N–H and O–H groups in total. The number of hydrogen-bond acceptors (Lipinski definition) is 4. The van der Waals surface area contributed by atoms with Gasteiger partial charge in [0.25, 0.3) is 0 Å². The molecule has 0 radical (unpaired) electrons. The van der Waals surface area contributed by atoms with Gasteiger partial charge in [-0.1, -0.05) is 0 Å². The fourth-order valence-electron chi connectivity index (χ4n) is 2.37. The lowest BCUT2D eigenvalue weighted by molar-refractivity contribution is 0.0982. The Hall–Kier alpha value is -0.630. The summed E-state index contributed by atoms with van der Waals surface area (Å²) < 4.78 is 0. The summed E-state index contributed by atoms with van der Waals surface area (Å²) in [4.78, 5) is 4.92. The van der Waals surface area contributed by atoms with Crippen molar-refractivity contribution in [3.8, 4) is 6.07 Å². The van der Waals surface area contributed by atoms with Crippen molar-refractivity contribution < 1.29 is 0 Å². The second-order valence-electron chi connectivity index (χ2n) is 5.63. The molecule has 1 aliphatic rings. The van der Waals surface area contributed by atoms with Crippen molar-refractivity contribution in [1.29, 1.82) is 5.26 Å². The molecule has 1 aliphatic heterocycles. The number of unbranched alkanes of at least 4 members (excludes halogenated alkanes) is 1. The van der Waals surface area contributed by atoms with Crippen LogP contribution in [0.25, 0.3) is 0 Å². The van der Waals surface area contributed by atoms with Gasteiger partial charge < -0.3 is 10.6 Å². The van der Waals surface area contributed by atoms with Crippen LogP contribution in [0, 0.1) is 11.3 Å². The van der Waals surface area contributed by atoms with Crippen molar-refractivity contribution in [2.45, 2.75) is 44.7 Å². The average Bonchev–Trinajstić information content (AvgIpc) is 2.27. The van der Waals surface area contributed by atoms with Gasteiger partial charge in [0.1, 0.15) is 5.54 Å². The summed E-state index contributed by atoms with van der Waals surface area (Å²) >= 11 is 0. The summed E-state index contributed by atoms with van der Waals surface area (Å²) in [7, 11) is 2.18. The molecule has 4 nitrogen and oxygen atoms in total. The summed E-state index contributed by atoms with van der Waals surface area (Å²) in [6, 6.07) is 2.80. The molecule has 2 unspecified atom stereocenters. The lowest BCUT2D eigenvalue weighted by Crippen LogP contribution is -2.50. The topological polar surface area (TPSA) is 56.3 Å². The predicted molar refractivity (Wildman–Crippen MR) is 70.6 cm³/mol. The number of nitrogens with two attached hydrogens (primary N) is 1. The van der Waals surface area contributed by atoms with E-state index in [1.165, 1.54) is 0 Å². The smallest absolute Gasteiger partial charge is 0.101 e. The molecule has 1 saturated heterocycles. The van der Waals surface area contributed by atoms with Crippen LogP contribution < -0.4 is 5.73 Å². The van der Waals surface area contributed by atoms with Crippen molar-refractivity contribution >= 4 is 0 Å². The fourth-order valence-corrected chi connectivity index (χ4v) is 2.37. The second-order valence-corrected chi connectivity index (χ2v) is 5.63. The van der Waals surface area contributed by atoms with Crippen molar-refractivity contribution in [3.05, 3.63) is 0 Å². The number of piperazine rings is 1. The number of hydrogen-bond donors (Lipinski definition) is 1. The Morgan fingerprint density at radius 3 is 2.71 bits per heavy atom. The van der Waals surface area contributed by atoms with Crippen LogP contribution in [-0.4, -0.2) is 54.6 Å². The molecule has 17 heavy (non-hydrogen) atoms. The summed E-state index contributed by atoms with van der Waals surface area (Å²) in [5, 5.41) is 8.82. The summed E-state index contributed by atoms with van der Waals surface area (Å²) in [6.45, 7) is 8.72. The zero-order chi connectivity index (χ0) is 12.9. The van der Waals surface area contributed by atoms with Gasteiger partial charge in [-0.05, 0) is 46.7 Å². The van der Waals surface area contributed by atoms with E-state index in [4.69, 9.17) is 11.0 Å². The summed E-state index contributed by atoms with van der Waals surface area (Å²) in [6.07, 6.45) is 2.98. The van der Waals surface area contributed by atoms with Crippen LogP contribution in [-0.2, 0) is 0 Å². The van der Waals surface area contributed by atoms with E-state index in [-0.39, 0.29) is 0 Å². The van der Waals surface area contributed by atoms with Gasteiger partial charge in [0, 0.05) is 25.7 Å². The molecular weight excluding hydrogens is 212 g/mol. The van der Waals surface area contributed by atoms with Gasteiger partial charge in [-0.25, -0.2) is 0 Å². The maximum absolute atomic E-state index is 8.82. The van der Waals surface area contributed by atoms with Crippen LogP contribution in [0.2, 0.25) is 0 Å². The van der Waals surface area contributed by atoms with E-state index in [0.29, 0.717) is 6.04 Å². The maximum atomic E-state index is 8.82. The lowest BCUT2D eigenvalue weighted by Gasteiger charge is -2.38. The maximum Gasteiger partial charge on any atom is 0.101 e. The van der Waals surface area contributed by atoms with Gasteiger partial charge >= 0.3 is 0 Å². The number of rotatable bonds is 5. The Kier molecular flexibility index (Phi) is 5.38. The van der Waals surface area contributed by atoms with Crippen LogP contribution in [0.4, 0.5) is 0 Å². The van der Waals surface area contributed by atoms with Crippen molar-refractivity contribution in [2.24, 2.45) is 5.73 Å². The standard InChI is InChI=1S/C13H26N4/c1-12-10-16(3)8-9-17(12)7-5-4-6-13(2,15)11-14/h12H,4-10,15H2,1-3H3. The summed E-state index contributed by atoms with van der Waals surface area (Å²) in [5.41, 5.74) is 5.15. The van der Waals surface area contributed by atoms with Crippen molar-refractivity contribution in [2.75, 3.05) is 33.2 Å². The molecule has 0 amide bonds. The van der Waals surface area contributed by atoms with Crippen LogP contribution >= 0.6 is 0 Å². The molecule has 4 heteroatoms. The molecule has 1 fully saturated rings. The highest BCUT2D eigenvalue weighted by atomic mass is 15.3. The largest absolute Gasteiger partial charge is 0.314 e. The van der Waals surface area contributed by atoms with Gasteiger partial charge in [-0.3, -0.25) is 4.90 Å². The van der Waals surface area contributed by atoms with E-state index >= 15 is 0 Å². The number of likely N-dealkylation sites (N-methyl/N-ethyl adjacent to an activating group) is 1. The minimum atomic E-state index is -0.645. The van der Waals surface area contributed by atoms with Crippen molar-refractivity contribution in [3.63, 3.8) is 0 Å². The molecule has 98 valence electrons. The first-order chi connectivity index (χ1) is 7.94. The highest BCUT2D eigenvalue weighted by molar-refractivity contribution is 5.00. The zero-order valence-electron chi connectivity index (χ0n) is 11.4. The first kappa shape index (κ1) is 14.4. The van der Waals surface area contributed by atoms with E-state index in [1.54, 1.807) is 0 Å². The normalized spacial score (nSPS) is 26.4. The Balaban J connectivity index is 2.17. The average molecular weight is 238 g/mol. The second kappa shape index (κ2) is 6.34. The van der Waals surface area contributed by atoms with Gasteiger partial charge in [0.05, 0.1) is 6.07 Å². The molecule has 0 spiro atoms. The molecular formula is C13H26N4. The van der Waals surface area contributed by atoms with Crippen LogP contribution in [0.3, 0.4) is 0 Å². The SMILES string of the molecule is CC1CN(C)CCN1CCCCC(C)(N)C#N. The summed E-state index contributed by atoms with van der Waals surface area (Å²) in [5.74, 6) is 0. The monoisotopic (exact) mass is 238 g/mol. The molecule has 0 aromatic rings.